The first kappa shape index (κ1) is 27.6. The number of carbonyl (C=O) groups excluding carboxylic acids is 2. The molecule has 0 aliphatic carbocycles. The molecule has 1 fully saturated rings. The third kappa shape index (κ3) is 9.28. The molecular formula is C24H28F3N3O5. The first-order valence-electron chi connectivity index (χ1n) is 10.9. The largest absolute Gasteiger partial charge is 0.497 e. The van der Waals surface area contributed by atoms with Crippen molar-refractivity contribution in [3.63, 3.8) is 0 Å². The summed E-state index contributed by atoms with van der Waals surface area (Å²) in [5.41, 5.74) is 1.50. The summed E-state index contributed by atoms with van der Waals surface area (Å²) in [6.45, 7) is 2.09. The molecule has 0 spiro atoms. The van der Waals surface area contributed by atoms with Crippen molar-refractivity contribution < 1.29 is 37.4 Å². The van der Waals surface area contributed by atoms with Crippen LogP contribution in [0.15, 0.2) is 54.6 Å². The number of methoxy groups -OCH3 is 1. The standard InChI is InChI=1S/C22H27N3O3.C2HF3O2/c1-28-19-9-7-17(8-10-19)22(27)25-20(16-5-3-2-4-6-16)15-24-21(26)18-11-13-23-14-12-18;3-2(4,5)1(6)7/h2-10,18,20,23H,11-15H2,1H3,(H,24,26)(H,25,27);(H,6,7)/t20-;/m0./s1. The third-order valence-corrected chi connectivity index (χ3v) is 5.29. The Morgan fingerprint density at radius 3 is 2.14 bits per heavy atom. The molecule has 1 aliphatic heterocycles. The number of halogens is 3. The monoisotopic (exact) mass is 495 g/mol. The average molecular weight is 495 g/mol. The number of benzene rings is 2. The van der Waals surface area contributed by atoms with E-state index >= 15 is 0 Å². The zero-order chi connectivity index (χ0) is 25.8. The number of hydrogen-bond acceptors (Lipinski definition) is 5. The van der Waals surface area contributed by atoms with Crippen molar-refractivity contribution in [3.05, 3.63) is 65.7 Å². The molecule has 8 nitrogen and oxygen atoms in total. The van der Waals surface area contributed by atoms with Crippen LogP contribution >= 0.6 is 0 Å². The van der Waals surface area contributed by atoms with Crippen LogP contribution in [0.1, 0.15) is 34.8 Å². The van der Waals surface area contributed by atoms with Gasteiger partial charge in [0.15, 0.2) is 0 Å². The molecule has 0 bridgehead atoms. The predicted molar refractivity (Wildman–Crippen MR) is 122 cm³/mol. The second-order valence-electron chi connectivity index (χ2n) is 7.74. The molecule has 1 heterocycles. The van der Waals surface area contributed by atoms with Crippen molar-refractivity contribution in [2.45, 2.75) is 25.1 Å². The van der Waals surface area contributed by atoms with Gasteiger partial charge >= 0.3 is 12.1 Å². The Morgan fingerprint density at radius 1 is 1.06 bits per heavy atom. The molecular weight excluding hydrogens is 467 g/mol. The van der Waals surface area contributed by atoms with Crippen molar-refractivity contribution in [1.29, 1.82) is 0 Å². The van der Waals surface area contributed by atoms with E-state index in [4.69, 9.17) is 14.6 Å². The number of hydrogen-bond donors (Lipinski definition) is 4. The molecule has 190 valence electrons. The highest BCUT2D eigenvalue weighted by Crippen LogP contribution is 2.17. The van der Waals surface area contributed by atoms with E-state index in [-0.39, 0.29) is 23.8 Å². The summed E-state index contributed by atoms with van der Waals surface area (Å²) in [6, 6.07) is 16.4. The second kappa shape index (κ2) is 13.3. The van der Waals surface area contributed by atoms with Gasteiger partial charge in [0.05, 0.1) is 13.2 Å². The zero-order valence-electron chi connectivity index (χ0n) is 19.1. The van der Waals surface area contributed by atoms with Crippen LogP contribution in [0.4, 0.5) is 13.2 Å². The number of carboxylic acid groups (broad SMARTS) is 1. The highest BCUT2D eigenvalue weighted by molar-refractivity contribution is 5.94. The van der Waals surface area contributed by atoms with Crippen LogP contribution in [0.3, 0.4) is 0 Å². The molecule has 1 saturated heterocycles. The number of piperidine rings is 1. The lowest BCUT2D eigenvalue weighted by Gasteiger charge is -2.24. The molecule has 4 N–H and O–H groups in total. The van der Waals surface area contributed by atoms with Gasteiger partial charge in [0.1, 0.15) is 5.75 Å². The highest BCUT2D eigenvalue weighted by atomic mass is 19.4. The van der Waals surface area contributed by atoms with Gasteiger partial charge in [-0.25, -0.2) is 4.79 Å². The Balaban J connectivity index is 0.000000540. The van der Waals surface area contributed by atoms with Crippen LogP contribution in [-0.4, -0.2) is 55.8 Å². The first-order valence-corrected chi connectivity index (χ1v) is 10.9. The fourth-order valence-electron chi connectivity index (χ4n) is 3.35. The molecule has 0 saturated carbocycles. The number of carboxylic acids is 1. The maximum absolute atomic E-state index is 12.7. The summed E-state index contributed by atoms with van der Waals surface area (Å²) in [4.78, 5) is 34.1. The van der Waals surface area contributed by atoms with Gasteiger partial charge in [-0.2, -0.15) is 13.2 Å². The van der Waals surface area contributed by atoms with Gasteiger partial charge in [-0.3, -0.25) is 9.59 Å². The SMILES string of the molecule is COc1ccc(C(=O)N[C@@H](CNC(=O)C2CCNCC2)c2ccccc2)cc1.O=C(O)C(F)(F)F. The van der Waals surface area contributed by atoms with Gasteiger partial charge in [0.25, 0.3) is 5.91 Å². The number of carbonyl (C=O) groups is 3. The van der Waals surface area contributed by atoms with E-state index in [1.54, 1.807) is 31.4 Å². The van der Waals surface area contributed by atoms with Crippen LogP contribution in [0.25, 0.3) is 0 Å². The Labute approximate surface area is 200 Å². The molecule has 0 aromatic heterocycles. The quantitative estimate of drug-likeness (QED) is 0.470. The smallest absolute Gasteiger partial charge is 0.490 e. The molecule has 1 atom stereocenters. The predicted octanol–water partition coefficient (Wildman–Crippen LogP) is 2.92. The Kier molecular flexibility index (Phi) is 10.5. The van der Waals surface area contributed by atoms with Crippen LogP contribution in [0.2, 0.25) is 0 Å². The van der Waals surface area contributed by atoms with Gasteiger partial charge in [-0.05, 0) is 55.8 Å². The number of alkyl halides is 3. The summed E-state index contributed by atoms with van der Waals surface area (Å²) in [5.74, 6) is -2.15. The number of rotatable bonds is 7. The Hall–Kier alpha value is -3.60. The van der Waals surface area contributed by atoms with E-state index in [0.29, 0.717) is 17.9 Å². The van der Waals surface area contributed by atoms with Gasteiger partial charge in [-0.15, -0.1) is 0 Å². The summed E-state index contributed by atoms with van der Waals surface area (Å²) < 4.78 is 36.9. The fourth-order valence-corrected chi connectivity index (χ4v) is 3.35. The van der Waals surface area contributed by atoms with Crippen molar-refractivity contribution in [2.24, 2.45) is 5.92 Å². The van der Waals surface area contributed by atoms with Gasteiger partial charge < -0.3 is 25.8 Å². The summed E-state index contributed by atoms with van der Waals surface area (Å²) in [6.07, 6.45) is -3.39. The van der Waals surface area contributed by atoms with E-state index in [1.807, 2.05) is 30.3 Å². The molecule has 2 amide bonds. The third-order valence-electron chi connectivity index (χ3n) is 5.29. The Morgan fingerprint density at radius 2 is 1.63 bits per heavy atom. The maximum Gasteiger partial charge on any atom is 0.490 e. The fraction of sp³-hybridized carbons (Fsp3) is 0.375. The van der Waals surface area contributed by atoms with Crippen LogP contribution in [-0.2, 0) is 9.59 Å². The number of aliphatic carboxylic acids is 1. The minimum Gasteiger partial charge on any atom is -0.497 e. The van der Waals surface area contributed by atoms with Crippen molar-refractivity contribution in [3.8, 4) is 5.75 Å². The molecule has 0 radical (unpaired) electrons. The molecule has 3 rings (SSSR count). The van der Waals surface area contributed by atoms with Crippen LogP contribution < -0.4 is 20.7 Å². The van der Waals surface area contributed by atoms with Crippen molar-refractivity contribution >= 4 is 17.8 Å². The highest BCUT2D eigenvalue weighted by Gasteiger charge is 2.38. The van der Waals surface area contributed by atoms with E-state index in [1.165, 1.54) is 0 Å². The van der Waals surface area contributed by atoms with Gasteiger partial charge in [0, 0.05) is 18.0 Å². The van der Waals surface area contributed by atoms with Gasteiger partial charge in [0.2, 0.25) is 5.91 Å². The molecule has 35 heavy (non-hydrogen) atoms. The van der Waals surface area contributed by atoms with E-state index in [9.17, 15) is 22.8 Å². The van der Waals surface area contributed by atoms with Crippen LogP contribution in [0.5, 0.6) is 5.75 Å². The van der Waals surface area contributed by atoms with E-state index in [0.717, 1.165) is 31.5 Å². The number of nitrogens with one attached hydrogen (secondary N) is 3. The van der Waals surface area contributed by atoms with Crippen molar-refractivity contribution in [1.82, 2.24) is 16.0 Å². The first-order chi connectivity index (χ1) is 16.6. The molecule has 1 aliphatic rings. The lowest BCUT2D eigenvalue weighted by Crippen LogP contribution is -2.42. The maximum atomic E-state index is 12.7. The van der Waals surface area contributed by atoms with Crippen molar-refractivity contribution in [2.75, 3.05) is 26.7 Å². The van der Waals surface area contributed by atoms with Crippen LogP contribution in [0, 0.1) is 5.92 Å². The normalized spacial score (nSPS) is 14.6. The summed E-state index contributed by atoms with van der Waals surface area (Å²) in [5, 5.41) is 16.5. The zero-order valence-corrected chi connectivity index (χ0v) is 19.1. The topological polar surface area (TPSA) is 117 Å². The van der Waals surface area contributed by atoms with Gasteiger partial charge in [-0.1, -0.05) is 30.3 Å². The molecule has 0 unspecified atom stereocenters. The average Bonchev–Trinajstić information content (AvgIpc) is 2.87. The van der Waals surface area contributed by atoms with E-state index in [2.05, 4.69) is 16.0 Å². The minimum absolute atomic E-state index is 0.0370. The minimum atomic E-state index is -5.08. The molecule has 11 heteroatoms. The molecule has 2 aromatic carbocycles. The lowest BCUT2D eigenvalue weighted by molar-refractivity contribution is -0.192. The number of amides is 2. The second-order valence-corrected chi connectivity index (χ2v) is 7.74. The summed E-state index contributed by atoms with van der Waals surface area (Å²) in [7, 11) is 1.59. The Bertz CT molecular complexity index is 963. The summed E-state index contributed by atoms with van der Waals surface area (Å²) >= 11 is 0. The van der Waals surface area contributed by atoms with E-state index < -0.39 is 12.1 Å². The number of ether oxygens (including phenoxy) is 1. The lowest BCUT2D eigenvalue weighted by atomic mass is 9.97. The molecule has 2 aromatic rings.